The van der Waals surface area contributed by atoms with Gasteiger partial charge < -0.3 is 15.2 Å². The Morgan fingerprint density at radius 1 is 1.43 bits per heavy atom. The van der Waals surface area contributed by atoms with Gasteiger partial charge in [0, 0.05) is 24.5 Å². The van der Waals surface area contributed by atoms with Gasteiger partial charge in [-0.2, -0.15) is 4.37 Å². The molecule has 6 nitrogen and oxygen atoms in total. The largest absolute Gasteiger partial charge is 0.457 e. The van der Waals surface area contributed by atoms with Crippen LogP contribution in [-0.2, 0) is 4.74 Å². The fraction of sp³-hybridized carbons (Fsp3) is 0.714. The third kappa shape index (κ3) is 4.49. The molecule has 1 saturated heterocycles. The van der Waals surface area contributed by atoms with Gasteiger partial charge in [0.1, 0.15) is 11.3 Å². The van der Waals surface area contributed by atoms with Crippen molar-refractivity contribution < 1.29 is 14.3 Å². The van der Waals surface area contributed by atoms with Gasteiger partial charge in [0.2, 0.25) is 5.06 Å². The summed E-state index contributed by atoms with van der Waals surface area (Å²) in [5.74, 6) is 0. The van der Waals surface area contributed by atoms with Crippen molar-refractivity contribution >= 4 is 23.3 Å². The molecule has 2 rings (SSSR count). The summed E-state index contributed by atoms with van der Waals surface area (Å²) in [5.41, 5.74) is 5.80. The van der Waals surface area contributed by atoms with Crippen LogP contribution >= 0.6 is 11.5 Å². The van der Waals surface area contributed by atoms with Crippen molar-refractivity contribution in [1.29, 1.82) is 0 Å². The predicted molar refractivity (Wildman–Crippen MR) is 82.4 cm³/mol. The number of amides is 1. The molecule has 7 heteroatoms. The molecule has 2 N–H and O–H groups in total. The summed E-state index contributed by atoms with van der Waals surface area (Å²) in [6.45, 7) is 6.22. The molecule has 0 saturated carbocycles. The maximum absolute atomic E-state index is 12.4. The van der Waals surface area contributed by atoms with Crippen molar-refractivity contribution in [1.82, 2.24) is 9.27 Å². The molecule has 1 atom stereocenters. The second-order valence-electron chi connectivity index (χ2n) is 6.16. The van der Waals surface area contributed by atoms with Gasteiger partial charge in [0.15, 0.2) is 6.23 Å². The van der Waals surface area contributed by atoms with Crippen LogP contribution in [0, 0.1) is 0 Å². The van der Waals surface area contributed by atoms with E-state index in [1.54, 1.807) is 11.1 Å². The number of hydrogen-bond acceptors (Lipinski definition) is 6. The Bertz CT molecular complexity index is 484. The Kier molecular flexibility index (Phi) is 4.92. The molecule has 0 bridgehead atoms. The highest BCUT2D eigenvalue weighted by molar-refractivity contribution is 7.08. The SMILES string of the molecule is CC(C)(C)OC(=O)N1CCCCCC1Oc1sncc1N. The first-order valence-corrected chi connectivity index (χ1v) is 8.00. The molecule has 1 aliphatic heterocycles. The van der Waals surface area contributed by atoms with Crippen LogP contribution in [-0.4, -0.2) is 33.7 Å². The van der Waals surface area contributed by atoms with E-state index >= 15 is 0 Å². The van der Waals surface area contributed by atoms with Gasteiger partial charge in [0.25, 0.3) is 0 Å². The smallest absolute Gasteiger partial charge is 0.413 e. The molecular weight excluding hydrogens is 290 g/mol. The Labute approximate surface area is 129 Å². The normalized spacial score (nSPS) is 20.0. The number of likely N-dealkylation sites (tertiary alicyclic amines) is 1. The summed E-state index contributed by atoms with van der Waals surface area (Å²) in [6, 6.07) is 0. The summed E-state index contributed by atoms with van der Waals surface area (Å²) >= 11 is 1.20. The van der Waals surface area contributed by atoms with E-state index in [9.17, 15) is 4.79 Å². The maximum atomic E-state index is 12.4. The average molecular weight is 313 g/mol. The molecule has 1 aromatic rings. The second-order valence-corrected chi connectivity index (χ2v) is 6.93. The average Bonchev–Trinajstić information content (AvgIpc) is 2.63. The minimum Gasteiger partial charge on any atom is -0.457 e. The highest BCUT2D eigenvalue weighted by Gasteiger charge is 2.31. The standard InChI is InChI=1S/C14H23N3O3S/c1-14(2,3)20-13(18)17-8-6-4-5-7-11(17)19-12-10(15)9-16-21-12/h9,11H,4-8,15H2,1-3H3. The molecule has 1 amide bonds. The van der Waals surface area contributed by atoms with Gasteiger partial charge >= 0.3 is 6.09 Å². The van der Waals surface area contributed by atoms with Crippen molar-refractivity contribution in [2.24, 2.45) is 0 Å². The Balaban J connectivity index is 2.10. The second kappa shape index (κ2) is 6.51. The summed E-state index contributed by atoms with van der Waals surface area (Å²) in [6.07, 6.45) is 4.71. The predicted octanol–water partition coefficient (Wildman–Crippen LogP) is 3.24. The number of nitrogens with two attached hydrogens (primary N) is 1. The molecule has 21 heavy (non-hydrogen) atoms. The van der Waals surface area contributed by atoms with E-state index in [0.29, 0.717) is 17.3 Å². The third-order valence-corrected chi connectivity index (χ3v) is 3.84. The number of hydrogen-bond donors (Lipinski definition) is 1. The number of nitrogens with zero attached hydrogens (tertiary/aromatic N) is 2. The van der Waals surface area contributed by atoms with E-state index < -0.39 is 5.60 Å². The Morgan fingerprint density at radius 2 is 2.19 bits per heavy atom. The maximum Gasteiger partial charge on any atom is 0.413 e. The topological polar surface area (TPSA) is 77.7 Å². The van der Waals surface area contributed by atoms with Crippen molar-refractivity contribution in [3.63, 3.8) is 0 Å². The third-order valence-electron chi connectivity index (χ3n) is 3.13. The molecule has 0 aromatic carbocycles. The summed E-state index contributed by atoms with van der Waals surface area (Å²) in [4.78, 5) is 14.0. The van der Waals surface area contributed by atoms with E-state index in [1.807, 2.05) is 20.8 Å². The summed E-state index contributed by atoms with van der Waals surface area (Å²) in [5, 5.41) is 0.565. The van der Waals surface area contributed by atoms with Crippen LogP contribution in [0.15, 0.2) is 6.20 Å². The number of anilines is 1. The van der Waals surface area contributed by atoms with Gasteiger partial charge in [0.05, 0.1) is 6.20 Å². The van der Waals surface area contributed by atoms with Crippen molar-refractivity contribution in [2.75, 3.05) is 12.3 Å². The molecule has 0 aliphatic carbocycles. The first kappa shape index (κ1) is 15.9. The Hall–Kier alpha value is -1.50. The molecular formula is C14H23N3O3S. The number of rotatable bonds is 2. The highest BCUT2D eigenvalue weighted by atomic mass is 32.1. The van der Waals surface area contributed by atoms with E-state index in [2.05, 4.69) is 4.37 Å². The zero-order valence-corrected chi connectivity index (χ0v) is 13.6. The lowest BCUT2D eigenvalue weighted by atomic mass is 10.2. The quantitative estimate of drug-likeness (QED) is 0.907. The van der Waals surface area contributed by atoms with Gasteiger partial charge in [-0.15, -0.1) is 0 Å². The van der Waals surface area contributed by atoms with Crippen molar-refractivity contribution in [3.8, 4) is 5.06 Å². The lowest BCUT2D eigenvalue weighted by Crippen LogP contribution is -2.45. The van der Waals surface area contributed by atoms with Crippen LogP contribution in [0.25, 0.3) is 0 Å². The van der Waals surface area contributed by atoms with Crippen LogP contribution in [0.1, 0.15) is 46.5 Å². The molecule has 2 heterocycles. The van der Waals surface area contributed by atoms with Gasteiger partial charge in [-0.1, -0.05) is 6.42 Å². The molecule has 0 spiro atoms. The first-order chi connectivity index (χ1) is 9.87. The monoisotopic (exact) mass is 313 g/mol. The van der Waals surface area contributed by atoms with Crippen LogP contribution in [0.4, 0.5) is 10.5 Å². The van der Waals surface area contributed by atoms with Crippen molar-refractivity contribution in [3.05, 3.63) is 6.20 Å². The van der Waals surface area contributed by atoms with Crippen LogP contribution < -0.4 is 10.5 Å². The summed E-state index contributed by atoms with van der Waals surface area (Å²) < 4.78 is 15.4. The van der Waals surface area contributed by atoms with Crippen LogP contribution in [0.3, 0.4) is 0 Å². The van der Waals surface area contributed by atoms with Gasteiger partial charge in [-0.25, -0.2) is 4.79 Å². The van der Waals surface area contributed by atoms with E-state index in [4.69, 9.17) is 15.2 Å². The Morgan fingerprint density at radius 3 is 2.81 bits per heavy atom. The highest BCUT2D eigenvalue weighted by Crippen LogP contribution is 2.30. The number of aromatic nitrogens is 1. The van der Waals surface area contributed by atoms with E-state index in [1.165, 1.54) is 11.5 Å². The molecule has 1 aromatic heterocycles. The molecule has 0 radical (unpaired) electrons. The fourth-order valence-electron chi connectivity index (χ4n) is 2.18. The van der Waals surface area contributed by atoms with E-state index in [0.717, 1.165) is 25.7 Å². The minimum atomic E-state index is -0.516. The molecule has 118 valence electrons. The number of nitrogen functional groups attached to an aromatic ring is 1. The minimum absolute atomic E-state index is 0.336. The van der Waals surface area contributed by atoms with Crippen molar-refractivity contribution in [2.45, 2.75) is 58.3 Å². The molecule has 1 aliphatic rings. The number of ether oxygens (including phenoxy) is 2. The zero-order valence-electron chi connectivity index (χ0n) is 12.8. The van der Waals surface area contributed by atoms with Gasteiger partial charge in [-0.3, -0.25) is 4.90 Å². The lowest BCUT2D eigenvalue weighted by Gasteiger charge is -2.31. The number of carbonyl (C=O) groups excluding carboxylic acids is 1. The van der Waals surface area contributed by atoms with Crippen LogP contribution in [0.2, 0.25) is 0 Å². The summed E-state index contributed by atoms with van der Waals surface area (Å²) in [7, 11) is 0. The fourth-order valence-corrected chi connectivity index (χ4v) is 2.75. The molecule has 1 unspecified atom stereocenters. The zero-order chi connectivity index (χ0) is 15.5. The molecule has 1 fully saturated rings. The number of carbonyl (C=O) groups is 1. The van der Waals surface area contributed by atoms with E-state index in [-0.39, 0.29) is 12.3 Å². The van der Waals surface area contributed by atoms with Gasteiger partial charge in [-0.05, 0) is 33.6 Å². The van der Waals surface area contributed by atoms with Crippen LogP contribution in [0.5, 0.6) is 5.06 Å². The first-order valence-electron chi connectivity index (χ1n) is 7.23. The lowest BCUT2D eigenvalue weighted by molar-refractivity contribution is -0.0184.